The highest BCUT2D eigenvalue weighted by atomic mass is 35.5. The molecule has 11 heteroatoms. The summed E-state index contributed by atoms with van der Waals surface area (Å²) in [6.07, 6.45) is 4.08. The molecule has 3 N–H and O–H groups in total. The number of anilines is 2. The Bertz CT molecular complexity index is 1750. The fourth-order valence-corrected chi connectivity index (χ4v) is 4.86. The molecule has 0 aliphatic carbocycles. The standard InChI is InChI=1S/C32H26Cl3N7O/c1-36-25-10-7-21(8-11-25)19-37-31(43)28(17-22-9-12-26(34)27(35)16-22)39-29-18-30(42-13-2-3-14-42)41-32(40-29)38-20-23-5-4-6-24(33)15-23/h2-16,18,28H,17,19-20H2,(H,37,43)(H2,38,39,40,41)/t28-/m1/s1. The molecule has 216 valence electrons. The molecule has 1 atom stereocenters. The van der Waals surface area contributed by atoms with Crippen molar-refractivity contribution in [3.8, 4) is 5.82 Å². The molecule has 0 bridgehead atoms. The van der Waals surface area contributed by atoms with Crippen molar-refractivity contribution in [3.63, 3.8) is 0 Å². The quantitative estimate of drug-likeness (QED) is 0.130. The van der Waals surface area contributed by atoms with Crippen molar-refractivity contribution in [3.05, 3.63) is 140 Å². The summed E-state index contributed by atoms with van der Waals surface area (Å²) < 4.78 is 1.86. The Labute approximate surface area is 264 Å². The normalized spacial score (nSPS) is 11.4. The van der Waals surface area contributed by atoms with Crippen LogP contribution in [0.1, 0.15) is 16.7 Å². The zero-order valence-electron chi connectivity index (χ0n) is 22.8. The van der Waals surface area contributed by atoms with Gasteiger partial charge in [-0.1, -0.05) is 77.3 Å². The Morgan fingerprint density at radius 3 is 2.33 bits per heavy atom. The van der Waals surface area contributed by atoms with E-state index in [1.54, 1.807) is 30.3 Å². The number of halogens is 3. The second-order valence-corrected chi connectivity index (χ2v) is 10.9. The number of carbonyl (C=O) groups excluding carboxylic acids is 1. The van der Waals surface area contributed by atoms with E-state index >= 15 is 0 Å². The molecule has 0 spiro atoms. The van der Waals surface area contributed by atoms with Gasteiger partial charge < -0.3 is 20.5 Å². The largest absolute Gasteiger partial charge is 0.358 e. The van der Waals surface area contributed by atoms with Gasteiger partial charge in [-0.25, -0.2) is 4.85 Å². The second kappa shape index (κ2) is 14.1. The summed E-state index contributed by atoms with van der Waals surface area (Å²) in [6.45, 7) is 7.89. The third-order valence-corrected chi connectivity index (χ3v) is 7.49. The zero-order valence-corrected chi connectivity index (χ0v) is 25.0. The first-order valence-electron chi connectivity index (χ1n) is 13.3. The van der Waals surface area contributed by atoms with Gasteiger partial charge in [0.05, 0.1) is 16.6 Å². The maximum absolute atomic E-state index is 13.6. The molecule has 2 heterocycles. The topological polar surface area (TPSA) is 88.2 Å². The third kappa shape index (κ3) is 8.27. The molecule has 0 radical (unpaired) electrons. The molecule has 0 fully saturated rings. The lowest BCUT2D eigenvalue weighted by atomic mass is 10.0. The predicted octanol–water partition coefficient (Wildman–Crippen LogP) is 7.73. The number of amides is 1. The van der Waals surface area contributed by atoms with E-state index in [0.717, 1.165) is 16.7 Å². The first-order chi connectivity index (χ1) is 20.9. The minimum Gasteiger partial charge on any atom is -0.358 e. The van der Waals surface area contributed by atoms with Gasteiger partial charge in [0.15, 0.2) is 5.69 Å². The van der Waals surface area contributed by atoms with Crippen molar-refractivity contribution >= 4 is 58.2 Å². The minimum atomic E-state index is -0.715. The van der Waals surface area contributed by atoms with Crippen LogP contribution in [0.25, 0.3) is 10.7 Å². The number of nitrogens with one attached hydrogen (secondary N) is 3. The fraction of sp³-hybridized carbons (Fsp3) is 0.125. The van der Waals surface area contributed by atoms with Crippen molar-refractivity contribution in [2.24, 2.45) is 0 Å². The third-order valence-electron chi connectivity index (χ3n) is 6.52. The lowest BCUT2D eigenvalue weighted by Gasteiger charge is -2.20. The van der Waals surface area contributed by atoms with Crippen molar-refractivity contribution in [2.75, 3.05) is 10.6 Å². The molecule has 43 heavy (non-hydrogen) atoms. The van der Waals surface area contributed by atoms with E-state index in [4.69, 9.17) is 41.4 Å². The Morgan fingerprint density at radius 2 is 1.60 bits per heavy atom. The Hall–Kier alpha value is -4.55. The van der Waals surface area contributed by atoms with Gasteiger partial charge in [-0.2, -0.15) is 9.97 Å². The van der Waals surface area contributed by atoms with E-state index in [9.17, 15) is 4.79 Å². The average molecular weight is 631 g/mol. The highest BCUT2D eigenvalue weighted by Crippen LogP contribution is 2.24. The van der Waals surface area contributed by atoms with Crippen LogP contribution in [-0.2, 0) is 24.3 Å². The molecule has 2 aromatic heterocycles. The monoisotopic (exact) mass is 629 g/mol. The van der Waals surface area contributed by atoms with E-state index in [-0.39, 0.29) is 5.91 Å². The van der Waals surface area contributed by atoms with Crippen LogP contribution in [0.4, 0.5) is 17.5 Å². The van der Waals surface area contributed by atoms with Crippen LogP contribution in [-0.4, -0.2) is 26.5 Å². The van der Waals surface area contributed by atoms with Gasteiger partial charge in [0.25, 0.3) is 0 Å². The number of hydrogen-bond donors (Lipinski definition) is 3. The molecule has 5 rings (SSSR count). The molecule has 0 unspecified atom stereocenters. The first kappa shape index (κ1) is 29.9. The summed E-state index contributed by atoms with van der Waals surface area (Å²) >= 11 is 18.6. The zero-order chi connectivity index (χ0) is 30.2. The molecular weight excluding hydrogens is 605 g/mol. The van der Waals surface area contributed by atoms with E-state index in [2.05, 4.69) is 30.8 Å². The minimum absolute atomic E-state index is 0.241. The van der Waals surface area contributed by atoms with E-state index < -0.39 is 6.04 Å². The van der Waals surface area contributed by atoms with Crippen LogP contribution in [0.15, 0.2) is 97.3 Å². The summed E-state index contributed by atoms with van der Waals surface area (Å²) in [5, 5.41) is 11.1. The Balaban J connectivity index is 1.41. The summed E-state index contributed by atoms with van der Waals surface area (Å²) in [5.74, 6) is 1.20. The maximum atomic E-state index is 13.6. The highest BCUT2D eigenvalue weighted by Gasteiger charge is 2.21. The van der Waals surface area contributed by atoms with E-state index in [0.29, 0.717) is 57.8 Å². The maximum Gasteiger partial charge on any atom is 0.243 e. The first-order valence-corrected chi connectivity index (χ1v) is 14.4. The van der Waals surface area contributed by atoms with Gasteiger partial charge >= 0.3 is 0 Å². The van der Waals surface area contributed by atoms with Crippen LogP contribution < -0.4 is 16.0 Å². The molecule has 0 aliphatic rings. The van der Waals surface area contributed by atoms with Gasteiger partial charge in [-0.15, -0.1) is 0 Å². The molecule has 8 nitrogen and oxygen atoms in total. The number of aromatic nitrogens is 3. The molecule has 5 aromatic rings. The second-order valence-electron chi connectivity index (χ2n) is 9.65. The summed E-state index contributed by atoms with van der Waals surface area (Å²) in [4.78, 5) is 26.4. The molecular formula is C32H26Cl3N7O. The average Bonchev–Trinajstić information content (AvgIpc) is 3.56. The predicted molar refractivity (Wildman–Crippen MR) is 172 cm³/mol. The summed E-state index contributed by atoms with van der Waals surface area (Å²) in [5.41, 5.74) is 3.20. The highest BCUT2D eigenvalue weighted by molar-refractivity contribution is 6.42. The number of carbonyl (C=O) groups is 1. The molecule has 0 saturated heterocycles. The van der Waals surface area contributed by atoms with E-state index in [1.807, 2.05) is 71.6 Å². The molecule has 0 aliphatic heterocycles. The number of benzene rings is 3. The lowest BCUT2D eigenvalue weighted by molar-refractivity contribution is -0.122. The number of nitrogens with zero attached hydrogens (tertiary/aromatic N) is 4. The molecule has 1 amide bonds. The van der Waals surface area contributed by atoms with Crippen molar-refractivity contribution in [1.29, 1.82) is 0 Å². The molecule has 3 aromatic carbocycles. The number of hydrogen-bond acceptors (Lipinski definition) is 5. The SMILES string of the molecule is [C-]#[N+]c1ccc(CNC(=O)[C@@H](Cc2ccc(Cl)c(Cl)c2)Nc2cc(-n3cccc3)nc(NCc3cccc(Cl)c3)n2)cc1. The summed E-state index contributed by atoms with van der Waals surface area (Å²) in [7, 11) is 0. The van der Waals surface area contributed by atoms with Crippen molar-refractivity contribution in [2.45, 2.75) is 25.6 Å². The lowest BCUT2D eigenvalue weighted by Crippen LogP contribution is -2.41. The number of rotatable bonds is 11. The van der Waals surface area contributed by atoms with Crippen LogP contribution in [0.3, 0.4) is 0 Å². The van der Waals surface area contributed by atoms with Gasteiger partial charge in [-0.3, -0.25) is 4.79 Å². The Kier molecular flexibility index (Phi) is 9.80. The molecule has 0 saturated carbocycles. The van der Waals surface area contributed by atoms with E-state index in [1.165, 1.54) is 0 Å². The van der Waals surface area contributed by atoms with Gasteiger partial charge in [0.1, 0.15) is 17.7 Å². The Morgan fingerprint density at radius 1 is 0.837 bits per heavy atom. The van der Waals surface area contributed by atoms with Crippen LogP contribution >= 0.6 is 34.8 Å². The van der Waals surface area contributed by atoms with Gasteiger partial charge in [0.2, 0.25) is 11.9 Å². The van der Waals surface area contributed by atoms with Crippen LogP contribution in [0.2, 0.25) is 15.1 Å². The van der Waals surface area contributed by atoms with Gasteiger partial charge in [0, 0.05) is 43.0 Å². The van der Waals surface area contributed by atoms with Crippen LogP contribution in [0.5, 0.6) is 0 Å². The van der Waals surface area contributed by atoms with Crippen LogP contribution in [0, 0.1) is 6.57 Å². The van der Waals surface area contributed by atoms with Crippen molar-refractivity contribution < 1.29 is 4.79 Å². The fourth-order valence-electron chi connectivity index (χ4n) is 4.33. The summed E-state index contributed by atoms with van der Waals surface area (Å²) in [6, 6.07) is 24.8. The smallest absolute Gasteiger partial charge is 0.243 e. The van der Waals surface area contributed by atoms with Crippen molar-refractivity contribution in [1.82, 2.24) is 19.9 Å². The van der Waals surface area contributed by atoms with Gasteiger partial charge in [-0.05, 0) is 53.1 Å².